The number of carbonyl (C=O) groups is 1. The van der Waals surface area contributed by atoms with Crippen LogP contribution in [0.15, 0.2) is 18.2 Å². The summed E-state index contributed by atoms with van der Waals surface area (Å²) in [5.74, 6) is -0.125. The zero-order valence-corrected chi connectivity index (χ0v) is 13.5. The van der Waals surface area contributed by atoms with Crippen molar-refractivity contribution in [2.75, 3.05) is 46.5 Å². The number of hydrogen-bond acceptors (Lipinski definition) is 6. The second-order valence-corrected chi connectivity index (χ2v) is 5.95. The molecule has 1 aliphatic heterocycles. The second kappa shape index (κ2) is 7.63. The van der Waals surface area contributed by atoms with Crippen molar-refractivity contribution in [2.24, 2.45) is 0 Å². The lowest BCUT2D eigenvalue weighted by molar-refractivity contribution is -0.0213. The number of aliphatic hydroxyl groups is 1. The molecule has 0 spiro atoms. The minimum absolute atomic E-state index is 0.0919. The van der Waals surface area contributed by atoms with Crippen molar-refractivity contribution in [3.8, 4) is 11.5 Å². The SMILES string of the molecule is COc1ccc(C(=O)NCC(C)(O)CN2CCOCC2)c(O)c1. The number of phenolic OH excluding ortho intramolecular Hbond substituents is 1. The molecule has 1 fully saturated rings. The second-order valence-electron chi connectivity index (χ2n) is 5.95. The summed E-state index contributed by atoms with van der Waals surface area (Å²) in [7, 11) is 1.48. The summed E-state index contributed by atoms with van der Waals surface area (Å²) in [4.78, 5) is 14.2. The fourth-order valence-corrected chi connectivity index (χ4v) is 2.49. The predicted molar refractivity (Wildman–Crippen MR) is 84.9 cm³/mol. The van der Waals surface area contributed by atoms with Crippen molar-refractivity contribution in [1.82, 2.24) is 10.2 Å². The molecule has 7 heteroatoms. The van der Waals surface area contributed by atoms with E-state index in [1.807, 2.05) is 0 Å². The van der Waals surface area contributed by atoms with E-state index in [0.29, 0.717) is 25.5 Å². The maximum Gasteiger partial charge on any atom is 0.255 e. The Hall–Kier alpha value is -1.83. The number of hydrogen-bond donors (Lipinski definition) is 3. The smallest absolute Gasteiger partial charge is 0.255 e. The molecule has 0 aliphatic carbocycles. The summed E-state index contributed by atoms with van der Waals surface area (Å²) in [5, 5.41) is 23.0. The molecule has 7 nitrogen and oxygen atoms in total. The lowest BCUT2D eigenvalue weighted by Crippen LogP contribution is -2.51. The third-order valence-electron chi connectivity index (χ3n) is 3.75. The Morgan fingerprint density at radius 3 is 2.74 bits per heavy atom. The van der Waals surface area contributed by atoms with Gasteiger partial charge in [0.15, 0.2) is 0 Å². The number of ether oxygens (including phenoxy) is 2. The predicted octanol–water partition coefficient (Wildman–Crippen LogP) is 0.214. The molecule has 0 saturated carbocycles. The van der Waals surface area contributed by atoms with Gasteiger partial charge in [-0.25, -0.2) is 0 Å². The van der Waals surface area contributed by atoms with E-state index >= 15 is 0 Å². The highest BCUT2D eigenvalue weighted by molar-refractivity contribution is 5.97. The lowest BCUT2D eigenvalue weighted by atomic mass is 10.1. The van der Waals surface area contributed by atoms with Gasteiger partial charge in [0.1, 0.15) is 11.5 Å². The van der Waals surface area contributed by atoms with Gasteiger partial charge in [0, 0.05) is 32.2 Å². The molecule has 1 unspecified atom stereocenters. The van der Waals surface area contributed by atoms with Crippen LogP contribution in [0.2, 0.25) is 0 Å². The summed E-state index contributed by atoms with van der Waals surface area (Å²) < 4.78 is 10.3. The highest BCUT2D eigenvalue weighted by atomic mass is 16.5. The van der Waals surface area contributed by atoms with Gasteiger partial charge in [-0.3, -0.25) is 9.69 Å². The van der Waals surface area contributed by atoms with Crippen molar-refractivity contribution in [3.05, 3.63) is 23.8 Å². The highest BCUT2D eigenvalue weighted by Crippen LogP contribution is 2.23. The largest absolute Gasteiger partial charge is 0.507 e. The molecular weight excluding hydrogens is 300 g/mol. The van der Waals surface area contributed by atoms with Crippen LogP contribution >= 0.6 is 0 Å². The number of aromatic hydroxyl groups is 1. The molecule has 1 aromatic rings. The van der Waals surface area contributed by atoms with E-state index in [2.05, 4.69) is 10.2 Å². The molecule has 2 rings (SSSR count). The Morgan fingerprint density at radius 1 is 1.43 bits per heavy atom. The van der Waals surface area contributed by atoms with Gasteiger partial charge in [0.2, 0.25) is 0 Å². The number of nitrogens with zero attached hydrogens (tertiary/aromatic N) is 1. The Labute approximate surface area is 135 Å². The molecular formula is C16H24N2O5. The van der Waals surface area contributed by atoms with Crippen molar-refractivity contribution in [1.29, 1.82) is 0 Å². The van der Waals surface area contributed by atoms with Crippen LogP contribution in [-0.4, -0.2) is 73.1 Å². The molecule has 1 aromatic carbocycles. The molecule has 1 atom stereocenters. The number of morpholine rings is 1. The molecule has 0 radical (unpaired) electrons. The number of nitrogens with one attached hydrogen (secondary N) is 1. The van der Waals surface area contributed by atoms with Gasteiger partial charge in [-0.2, -0.15) is 0 Å². The molecule has 23 heavy (non-hydrogen) atoms. The van der Waals surface area contributed by atoms with Crippen LogP contribution in [-0.2, 0) is 4.74 Å². The Kier molecular flexibility index (Phi) is 5.81. The van der Waals surface area contributed by atoms with Crippen LogP contribution in [0.4, 0.5) is 0 Å². The molecule has 3 N–H and O–H groups in total. The molecule has 0 aromatic heterocycles. The topological polar surface area (TPSA) is 91.3 Å². The number of amides is 1. The van der Waals surface area contributed by atoms with Crippen LogP contribution in [0, 0.1) is 0 Å². The average Bonchev–Trinajstić information content (AvgIpc) is 2.53. The van der Waals surface area contributed by atoms with Crippen LogP contribution in [0.1, 0.15) is 17.3 Å². The van der Waals surface area contributed by atoms with Gasteiger partial charge in [-0.15, -0.1) is 0 Å². The van der Waals surface area contributed by atoms with E-state index < -0.39 is 11.5 Å². The van der Waals surface area contributed by atoms with Crippen LogP contribution in [0.5, 0.6) is 11.5 Å². The zero-order valence-electron chi connectivity index (χ0n) is 13.5. The summed E-state index contributed by atoms with van der Waals surface area (Å²) in [6, 6.07) is 4.46. The number of methoxy groups -OCH3 is 1. The summed E-state index contributed by atoms with van der Waals surface area (Å²) >= 11 is 0. The fraction of sp³-hybridized carbons (Fsp3) is 0.562. The maximum absolute atomic E-state index is 12.1. The molecule has 1 heterocycles. The average molecular weight is 324 g/mol. The van der Waals surface area contributed by atoms with Gasteiger partial charge in [0.05, 0.1) is 31.5 Å². The van der Waals surface area contributed by atoms with E-state index in [0.717, 1.165) is 13.1 Å². The summed E-state index contributed by atoms with van der Waals surface area (Å²) in [6.45, 7) is 5.06. The Morgan fingerprint density at radius 2 is 2.13 bits per heavy atom. The van der Waals surface area contributed by atoms with E-state index in [-0.39, 0.29) is 17.9 Å². The number of phenols is 1. The van der Waals surface area contributed by atoms with Gasteiger partial charge < -0.3 is 25.0 Å². The van der Waals surface area contributed by atoms with E-state index in [9.17, 15) is 15.0 Å². The van der Waals surface area contributed by atoms with E-state index in [4.69, 9.17) is 9.47 Å². The lowest BCUT2D eigenvalue weighted by Gasteiger charge is -2.33. The van der Waals surface area contributed by atoms with Crippen molar-refractivity contribution in [2.45, 2.75) is 12.5 Å². The number of β-amino-alcohol motifs (C(OH)–C–C–N with tert-alkyl or cyclic N) is 1. The highest BCUT2D eigenvalue weighted by Gasteiger charge is 2.26. The molecule has 1 saturated heterocycles. The molecule has 1 amide bonds. The van der Waals surface area contributed by atoms with Crippen LogP contribution in [0.3, 0.4) is 0 Å². The maximum atomic E-state index is 12.1. The van der Waals surface area contributed by atoms with Gasteiger partial charge in [-0.05, 0) is 19.1 Å². The summed E-state index contributed by atoms with van der Waals surface area (Å²) in [5.41, 5.74) is -0.914. The third kappa shape index (κ3) is 5.09. The first-order valence-electron chi connectivity index (χ1n) is 7.59. The molecule has 0 bridgehead atoms. The number of benzene rings is 1. The first-order chi connectivity index (χ1) is 10.9. The normalized spacial score (nSPS) is 18.2. The Bertz CT molecular complexity index is 541. The standard InChI is InChI=1S/C16H24N2O5/c1-16(21,11-18-5-7-23-8-6-18)10-17-15(20)13-4-3-12(22-2)9-14(13)19/h3-4,9,19,21H,5-8,10-11H2,1-2H3,(H,17,20). The summed E-state index contributed by atoms with van der Waals surface area (Å²) in [6.07, 6.45) is 0. The Balaban J connectivity index is 1.89. The van der Waals surface area contributed by atoms with E-state index in [1.165, 1.54) is 19.2 Å². The van der Waals surface area contributed by atoms with Crippen LogP contribution < -0.4 is 10.1 Å². The van der Waals surface area contributed by atoms with Gasteiger partial charge >= 0.3 is 0 Å². The minimum Gasteiger partial charge on any atom is -0.507 e. The van der Waals surface area contributed by atoms with Gasteiger partial charge in [0.25, 0.3) is 5.91 Å². The molecule has 1 aliphatic rings. The molecule has 128 valence electrons. The zero-order chi connectivity index (χ0) is 16.9. The first-order valence-corrected chi connectivity index (χ1v) is 7.59. The van der Waals surface area contributed by atoms with Crippen molar-refractivity contribution >= 4 is 5.91 Å². The van der Waals surface area contributed by atoms with Crippen molar-refractivity contribution in [3.63, 3.8) is 0 Å². The van der Waals surface area contributed by atoms with Crippen molar-refractivity contribution < 1.29 is 24.5 Å². The third-order valence-corrected chi connectivity index (χ3v) is 3.75. The van der Waals surface area contributed by atoms with Gasteiger partial charge in [-0.1, -0.05) is 0 Å². The number of carbonyl (C=O) groups excluding carboxylic acids is 1. The first kappa shape index (κ1) is 17.5. The van der Waals surface area contributed by atoms with E-state index in [1.54, 1.807) is 13.0 Å². The monoisotopic (exact) mass is 324 g/mol. The number of rotatable bonds is 6. The fourth-order valence-electron chi connectivity index (χ4n) is 2.49. The van der Waals surface area contributed by atoms with Crippen LogP contribution in [0.25, 0.3) is 0 Å². The quantitative estimate of drug-likeness (QED) is 0.693. The minimum atomic E-state index is -1.06.